The van der Waals surface area contributed by atoms with Crippen LogP contribution in [0.25, 0.3) is 0 Å². The second-order valence-electron chi connectivity index (χ2n) is 7.84. The highest BCUT2D eigenvalue weighted by Crippen LogP contribution is 2.65. The summed E-state index contributed by atoms with van der Waals surface area (Å²) in [6.07, 6.45) is 8.75. The van der Waals surface area contributed by atoms with Crippen LogP contribution in [0.4, 0.5) is 5.82 Å². The standard InChI is InChI=1S/C17H21ClN2O/c1-16-6-11-5-12(7-16)9-17(8-11,10-16)15(21)20-14-13(18)3-2-4-19-14/h2-4,11-12H,5-10H2,1H3,(H,19,20,21). The molecule has 4 aliphatic carbocycles. The van der Waals surface area contributed by atoms with E-state index in [1.165, 1.54) is 19.3 Å². The molecule has 0 radical (unpaired) electrons. The molecule has 1 aromatic rings. The van der Waals surface area contributed by atoms with Gasteiger partial charge in [-0.15, -0.1) is 0 Å². The predicted octanol–water partition coefficient (Wildman–Crippen LogP) is 4.28. The highest BCUT2D eigenvalue weighted by molar-refractivity contribution is 6.33. The molecule has 4 heteroatoms. The van der Waals surface area contributed by atoms with E-state index in [4.69, 9.17) is 11.6 Å². The van der Waals surface area contributed by atoms with Crippen LogP contribution in [0.1, 0.15) is 45.4 Å². The monoisotopic (exact) mass is 304 g/mol. The van der Waals surface area contributed by atoms with Crippen LogP contribution in [-0.4, -0.2) is 10.9 Å². The smallest absolute Gasteiger partial charge is 0.231 e. The first-order valence-corrected chi connectivity index (χ1v) is 8.28. The minimum Gasteiger partial charge on any atom is -0.309 e. The average Bonchev–Trinajstić information content (AvgIpc) is 2.38. The number of pyridine rings is 1. The molecule has 4 saturated carbocycles. The maximum atomic E-state index is 13.0. The van der Waals surface area contributed by atoms with Gasteiger partial charge in [-0.2, -0.15) is 0 Å². The van der Waals surface area contributed by atoms with Gasteiger partial charge in [0.1, 0.15) is 0 Å². The molecule has 0 aromatic carbocycles. The van der Waals surface area contributed by atoms with Crippen molar-refractivity contribution in [3.8, 4) is 0 Å². The third-order valence-electron chi connectivity index (χ3n) is 5.83. The molecule has 4 aliphatic rings. The third kappa shape index (κ3) is 2.17. The van der Waals surface area contributed by atoms with Crippen LogP contribution >= 0.6 is 11.6 Å². The molecule has 1 heterocycles. The molecule has 5 rings (SSSR count). The summed E-state index contributed by atoms with van der Waals surface area (Å²) in [5.74, 6) is 2.12. The number of anilines is 1. The Morgan fingerprint density at radius 3 is 2.67 bits per heavy atom. The first-order valence-electron chi connectivity index (χ1n) is 7.90. The summed E-state index contributed by atoms with van der Waals surface area (Å²) in [6.45, 7) is 2.38. The van der Waals surface area contributed by atoms with Gasteiger partial charge < -0.3 is 5.32 Å². The highest BCUT2D eigenvalue weighted by Gasteiger charge is 2.58. The Labute approximate surface area is 130 Å². The largest absolute Gasteiger partial charge is 0.309 e. The summed E-state index contributed by atoms with van der Waals surface area (Å²) < 4.78 is 0. The van der Waals surface area contributed by atoms with E-state index in [1.54, 1.807) is 18.3 Å². The molecule has 112 valence electrons. The van der Waals surface area contributed by atoms with Crippen LogP contribution in [0.5, 0.6) is 0 Å². The predicted molar refractivity (Wildman–Crippen MR) is 83.1 cm³/mol. The maximum Gasteiger partial charge on any atom is 0.231 e. The van der Waals surface area contributed by atoms with Crippen LogP contribution < -0.4 is 5.32 Å². The summed E-state index contributed by atoms with van der Waals surface area (Å²) >= 11 is 6.13. The van der Waals surface area contributed by atoms with E-state index in [0.717, 1.165) is 31.1 Å². The van der Waals surface area contributed by atoms with E-state index in [-0.39, 0.29) is 11.3 Å². The minimum atomic E-state index is -0.181. The second kappa shape index (κ2) is 4.45. The maximum absolute atomic E-state index is 13.0. The Morgan fingerprint density at radius 1 is 1.33 bits per heavy atom. The first kappa shape index (κ1) is 13.6. The summed E-state index contributed by atoms with van der Waals surface area (Å²) in [6, 6.07) is 3.55. The highest BCUT2D eigenvalue weighted by atomic mass is 35.5. The number of hydrogen-bond donors (Lipinski definition) is 1. The number of nitrogens with one attached hydrogen (secondary N) is 1. The molecule has 4 fully saturated rings. The lowest BCUT2D eigenvalue weighted by molar-refractivity contribution is -0.149. The molecule has 2 atom stereocenters. The van der Waals surface area contributed by atoms with Crippen molar-refractivity contribution in [3.63, 3.8) is 0 Å². The molecule has 3 nitrogen and oxygen atoms in total. The molecular weight excluding hydrogens is 284 g/mol. The molecule has 0 aliphatic heterocycles. The average molecular weight is 305 g/mol. The number of amides is 1. The van der Waals surface area contributed by atoms with E-state index < -0.39 is 0 Å². The summed E-state index contributed by atoms with van der Waals surface area (Å²) in [5, 5.41) is 3.52. The molecule has 0 spiro atoms. The summed E-state index contributed by atoms with van der Waals surface area (Å²) in [5.41, 5.74) is 0.190. The molecular formula is C17H21ClN2O. The van der Waals surface area contributed by atoms with Crippen molar-refractivity contribution in [1.29, 1.82) is 0 Å². The molecule has 0 saturated heterocycles. The van der Waals surface area contributed by atoms with E-state index in [9.17, 15) is 4.79 Å². The molecule has 1 aromatic heterocycles. The quantitative estimate of drug-likeness (QED) is 0.886. The van der Waals surface area contributed by atoms with Crippen LogP contribution in [0, 0.1) is 22.7 Å². The van der Waals surface area contributed by atoms with Crippen molar-refractivity contribution in [1.82, 2.24) is 4.98 Å². The second-order valence-corrected chi connectivity index (χ2v) is 8.25. The number of hydrogen-bond acceptors (Lipinski definition) is 2. The molecule has 4 bridgehead atoms. The Hall–Kier alpha value is -1.09. The van der Waals surface area contributed by atoms with E-state index >= 15 is 0 Å². The zero-order chi connectivity index (χ0) is 14.7. The SMILES string of the molecule is CC12CC3CC(C1)CC(C(=O)Nc1ncccc1Cl)(C3)C2. The van der Waals surface area contributed by atoms with Crippen LogP contribution in [-0.2, 0) is 4.79 Å². The molecule has 1 amide bonds. The fourth-order valence-electron chi connectivity index (χ4n) is 5.70. The third-order valence-corrected chi connectivity index (χ3v) is 6.13. The fraction of sp³-hybridized carbons (Fsp3) is 0.647. The van der Waals surface area contributed by atoms with Crippen LogP contribution in [0.15, 0.2) is 18.3 Å². The van der Waals surface area contributed by atoms with Gasteiger partial charge in [-0.3, -0.25) is 4.79 Å². The number of aromatic nitrogens is 1. The van der Waals surface area contributed by atoms with Gasteiger partial charge in [-0.25, -0.2) is 4.98 Å². The molecule has 2 unspecified atom stereocenters. The summed E-state index contributed by atoms with van der Waals surface area (Å²) in [4.78, 5) is 17.1. The van der Waals surface area contributed by atoms with E-state index in [0.29, 0.717) is 16.3 Å². The lowest BCUT2D eigenvalue weighted by Crippen LogP contribution is -2.55. The van der Waals surface area contributed by atoms with Crippen molar-refractivity contribution in [2.75, 3.05) is 5.32 Å². The number of rotatable bonds is 2. The van der Waals surface area contributed by atoms with Crippen molar-refractivity contribution in [2.45, 2.75) is 45.4 Å². The zero-order valence-corrected chi connectivity index (χ0v) is 13.1. The van der Waals surface area contributed by atoms with Crippen LogP contribution in [0.2, 0.25) is 5.02 Å². The fourth-order valence-corrected chi connectivity index (χ4v) is 5.87. The Bertz CT molecular complexity index is 586. The Morgan fingerprint density at radius 2 is 2.05 bits per heavy atom. The molecule has 1 N–H and O–H groups in total. The van der Waals surface area contributed by atoms with Crippen molar-refractivity contribution < 1.29 is 4.79 Å². The molecule has 21 heavy (non-hydrogen) atoms. The van der Waals surface area contributed by atoms with Crippen molar-refractivity contribution in [2.24, 2.45) is 22.7 Å². The van der Waals surface area contributed by atoms with Gasteiger partial charge in [0.25, 0.3) is 0 Å². The number of nitrogens with zero attached hydrogens (tertiary/aromatic N) is 1. The zero-order valence-electron chi connectivity index (χ0n) is 12.4. The minimum absolute atomic E-state index is 0.142. The van der Waals surface area contributed by atoms with Gasteiger partial charge in [-0.05, 0) is 67.9 Å². The number of carbonyl (C=O) groups is 1. The first-order chi connectivity index (χ1) is 9.98. The summed E-state index contributed by atoms with van der Waals surface area (Å²) in [7, 11) is 0. The van der Waals surface area contributed by atoms with Crippen molar-refractivity contribution >= 4 is 23.3 Å². The Balaban J connectivity index is 1.61. The van der Waals surface area contributed by atoms with E-state index in [2.05, 4.69) is 17.2 Å². The topological polar surface area (TPSA) is 42.0 Å². The lowest BCUT2D eigenvalue weighted by Gasteiger charge is -2.60. The van der Waals surface area contributed by atoms with Gasteiger partial charge in [0.2, 0.25) is 5.91 Å². The number of halogens is 1. The van der Waals surface area contributed by atoms with Crippen LogP contribution in [0.3, 0.4) is 0 Å². The van der Waals surface area contributed by atoms with Gasteiger partial charge >= 0.3 is 0 Å². The Kier molecular flexibility index (Phi) is 2.88. The van der Waals surface area contributed by atoms with Gasteiger partial charge in [0.15, 0.2) is 5.82 Å². The van der Waals surface area contributed by atoms with Gasteiger partial charge in [0, 0.05) is 6.20 Å². The van der Waals surface area contributed by atoms with Gasteiger partial charge in [-0.1, -0.05) is 18.5 Å². The van der Waals surface area contributed by atoms with Crippen molar-refractivity contribution in [3.05, 3.63) is 23.4 Å². The van der Waals surface area contributed by atoms with Gasteiger partial charge in [0.05, 0.1) is 10.4 Å². The van der Waals surface area contributed by atoms with E-state index in [1.807, 2.05) is 0 Å². The normalized spacial score (nSPS) is 40.3. The lowest BCUT2D eigenvalue weighted by atomic mass is 9.44. The number of carbonyl (C=O) groups excluding carboxylic acids is 1.